The summed E-state index contributed by atoms with van der Waals surface area (Å²) in [4.78, 5) is 21.2. The van der Waals surface area contributed by atoms with Crippen molar-refractivity contribution in [2.24, 2.45) is 0 Å². The molecule has 1 saturated heterocycles. The van der Waals surface area contributed by atoms with Crippen LogP contribution in [0.15, 0.2) is 48.8 Å². The molecule has 132 valence electrons. The normalized spacial score (nSPS) is 19.8. The van der Waals surface area contributed by atoms with Gasteiger partial charge < -0.3 is 14.5 Å². The number of carbonyl (C=O) groups is 1. The van der Waals surface area contributed by atoms with Crippen LogP contribution in [0, 0.1) is 0 Å². The molecule has 7 nitrogen and oxygen atoms in total. The smallest absolute Gasteiger partial charge is 0.257 e. The highest BCUT2D eigenvalue weighted by atomic mass is 16.5. The van der Waals surface area contributed by atoms with Crippen molar-refractivity contribution in [1.29, 1.82) is 0 Å². The molecule has 1 amide bonds. The number of para-hydroxylation sites is 1. The molecule has 1 unspecified atom stereocenters. The number of amides is 1. The fraction of sp³-hybridized carbons (Fsp3) is 0.316. The minimum Gasteiger partial charge on any atom is -0.365 e. The summed E-state index contributed by atoms with van der Waals surface area (Å²) in [5, 5.41) is 4.59. The molecule has 7 heteroatoms. The first-order valence-electron chi connectivity index (χ1n) is 8.86. The molecular weight excluding hydrogens is 330 g/mol. The van der Waals surface area contributed by atoms with E-state index < -0.39 is 6.10 Å². The van der Waals surface area contributed by atoms with Crippen LogP contribution in [0.25, 0.3) is 5.65 Å². The lowest BCUT2D eigenvalue weighted by atomic mass is 10.2. The molecule has 4 heterocycles. The lowest BCUT2D eigenvalue weighted by molar-refractivity contribution is -0.130. The number of carbonyl (C=O) groups excluding carboxylic acids is 1. The van der Waals surface area contributed by atoms with Gasteiger partial charge in [0, 0.05) is 31.2 Å². The summed E-state index contributed by atoms with van der Waals surface area (Å²) in [5.41, 5.74) is 3.04. The van der Waals surface area contributed by atoms with Crippen LogP contribution >= 0.6 is 0 Å². The fourth-order valence-corrected chi connectivity index (χ4v) is 3.72. The first-order valence-corrected chi connectivity index (χ1v) is 8.86. The summed E-state index contributed by atoms with van der Waals surface area (Å²) in [6.07, 6.45) is 3.97. The molecule has 26 heavy (non-hydrogen) atoms. The summed E-state index contributed by atoms with van der Waals surface area (Å²) in [5.74, 6) is 0.863. The van der Waals surface area contributed by atoms with Gasteiger partial charge in [-0.3, -0.25) is 4.79 Å². The summed E-state index contributed by atoms with van der Waals surface area (Å²) in [6.45, 7) is 2.45. The zero-order valence-electron chi connectivity index (χ0n) is 14.3. The Bertz CT molecular complexity index is 969. The van der Waals surface area contributed by atoms with Gasteiger partial charge in [-0.25, -0.2) is 9.50 Å². The number of fused-ring (bicyclic) bond motifs is 2. The highest BCUT2D eigenvalue weighted by Gasteiger charge is 2.34. The Hall–Kier alpha value is -2.93. The SMILES string of the molecule is O=C(C1CN(c2ccc3nccn3n2)CCO1)N1CCc2ccccc21. The lowest BCUT2D eigenvalue weighted by Crippen LogP contribution is -2.51. The number of rotatable bonds is 2. The van der Waals surface area contributed by atoms with Crippen molar-refractivity contribution >= 4 is 23.1 Å². The lowest BCUT2D eigenvalue weighted by Gasteiger charge is -2.34. The molecule has 2 aliphatic heterocycles. The van der Waals surface area contributed by atoms with E-state index in [1.165, 1.54) is 5.56 Å². The van der Waals surface area contributed by atoms with Gasteiger partial charge in [0.05, 0.1) is 13.2 Å². The van der Waals surface area contributed by atoms with Gasteiger partial charge in [0.25, 0.3) is 5.91 Å². The van der Waals surface area contributed by atoms with Crippen LogP contribution in [0.3, 0.4) is 0 Å². The number of nitrogens with zero attached hydrogens (tertiary/aromatic N) is 5. The van der Waals surface area contributed by atoms with E-state index in [1.807, 2.05) is 41.4 Å². The fourth-order valence-electron chi connectivity index (χ4n) is 3.72. The monoisotopic (exact) mass is 349 g/mol. The molecule has 0 bridgehead atoms. The number of morpholine rings is 1. The number of benzene rings is 1. The maximum Gasteiger partial charge on any atom is 0.257 e. The van der Waals surface area contributed by atoms with Gasteiger partial charge in [-0.2, -0.15) is 0 Å². The van der Waals surface area contributed by atoms with E-state index in [2.05, 4.69) is 21.0 Å². The summed E-state index contributed by atoms with van der Waals surface area (Å²) in [6, 6.07) is 12.0. The molecule has 5 rings (SSSR count). The topological polar surface area (TPSA) is 63.0 Å². The van der Waals surface area contributed by atoms with Gasteiger partial charge in [0.1, 0.15) is 5.82 Å². The average Bonchev–Trinajstić information content (AvgIpc) is 3.33. The third-order valence-electron chi connectivity index (χ3n) is 5.06. The van der Waals surface area contributed by atoms with Gasteiger partial charge in [-0.1, -0.05) is 18.2 Å². The molecule has 0 N–H and O–H groups in total. The summed E-state index contributed by atoms with van der Waals surface area (Å²) < 4.78 is 7.56. The Morgan fingerprint density at radius 1 is 1.15 bits per heavy atom. The van der Waals surface area contributed by atoms with Crippen LogP contribution in [0.4, 0.5) is 11.5 Å². The molecule has 0 spiro atoms. The van der Waals surface area contributed by atoms with E-state index in [0.717, 1.165) is 30.1 Å². The quantitative estimate of drug-likeness (QED) is 0.702. The van der Waals surface area contributed by atoms with Crippen molar-refractivity contribution in [3.63, 3.8) is 0 Å². The van der Waals surface area contributed by atoms with E-state index in [-0.39, 0.29) is 5.91 Å². The number of aromatic nitrogens is 3. The molecule has 0 saturated carbocycles. The third kappa shape index (κ3) is 2.52. The van der Waals surface area contributed by atoms with E-state index >= 15 is 0 Å². The van der Waals surface area contributed by atoms with Crippen molar-refractivity contribution < 1.29 is 9.53 Å². The molecule has 0 aliphatic carbocycles. The predicted octanol–water partition coefficient (Wildman–Crippen LogP) is 1.52. The Morgan fingerprint density at radius 3 is 3.04 bits per heavy atom. The maximum absolute atomic E-state index is 13.0. The van der Waals surface area contributed by atoms with Crippen LogP contribution in [-0.4, -0.2) is 52.9 Å². The van der Waals surface area contributed by atoms with Crippen LogP contribution in [0.1, 0.15) is 5.56 Å². The van der Waals surface area contributed by atoms with Gasteiger partial charge >= 0.3 is 0 Å². The first kappa shape index (κ1) is 15.3. The standard InChI is InChI=1S/C19H19N5O2/c25-19(23-9-7-14-3-1-2-4-15(14)23)16-13-22(11-12-26-16)18-6-5-17-20-8-10-24(17)21-18/h1-6,8,10,16H,7,9,11-13H2. The van der Waals surface area contributed by atoms with E-state index in [1.54, 1.807) is 10.7 Å². The Kier molecular flexibility index (Phi) is 3.60. The van der Waals surface area contributed by atoms with Crippen molar-refractivity contribution in [3.05, 3.63) is 54.4 Å². The van der Waals surface area contributed by atoms with Crippen LogP contribution in [0.2, 0.25) is 0 Å². The second-order valence-corrected chi connectivity index (χ2v) is 6.60. The zero-order chi connectivity index (χ0) is 17.5. The molecule has 2 aromatic heterocycles. The molecule has 1 aromatic carbocycles. The van der Waals surface area contributed by atoms with Crippen LogP contribution in [0.5, 0.6) is 0 Å². The minimum absolute atomic E-state index is 0.0309. The highest BCUT2D eigenvalue weighted by molar-refractivity contribution is 5.98. The van der Waals surface area contributed by atoms with E-state index in [0.29, 0.717) is 19.7 Å². The minimum atomic E-state index is -0.477. The van der Waals surface area contributed by atoms with Crippen molar-refractivity contribution in [2.45, 2.75) is 12.5 Å². The number of ether oxygens (including phenoxy) is 1. The molecule has 3 aromatic rings. The zero-order valence-corrected chi connectivity index (χ0v) is 14.3. The second kappa shape index (κ2) is 6.10. The molecule has 2 aliphatic rings. The highest BCUT2D eigenvalue weighted by Crippen LogP contribution is 2.29. The Balaban J connectivity index is 1.36. The van der Waals surface area contributed by atoms with Crippen molar-refractivity contribution in [3.8, 4) is 0 Å². The molecular formula is C19H19N5O2. The van der Waals surface area contributed by atoms with Crippen molar-refractivity contribution in [2.75, 3.05) is 36.0 Å². The van der Waals surface area contributed by atoms with E-state index in [9.17, 15) is 4.79 Å². The number of imidazole rings is 1. The molecule has 1 fully saturated rings. The van der Waals surface area contributed by atoms with Crippen LogP contribution in [-0.2, 0) is 16.0 Å². The van der Waals surface area contributed by atoms with E-state index in [4.69, 9.17) is 4.74 Å². The van der Waals surface area contributed by atoms with Crippen molar-refractivity contribution in [1.82, 2.24) is 14.6 Å². The molecule has 1 atom stereocenters. The van der Waals surface area contributed by atoms with Gasteiger partial charge in [0.15, 0.2) is 11.8 Å². The van der Waals surface area contributed by atoms with Gasteiger partial charge in [-0.05, 0) is 30.2 Å². The maximum atomic E-state index is 13.0. The number of anilines is 2. The van der Waals surface area contributed by atoms with Gasteiger partial charge in [0.2, 0.25) is 0 Å². The second-order valence-electron chi connectivity index (χ2n) is 6.60. The Morgan fingerprint density at radius 2 is 2.08 bits per heavy atom. The predicted molar refractivity (Wildman–Crippen MR) is 97.4 cm³/mol. The average molecular weight is 349 g/mol. The Labute approximate surface area is 150 Å². The number of hydrogen-bond donors (Lipinski definition) is 0. The molecule has 0 radical (unpaired) electrons. The first-order chi connectivity index (χ1) is 12.8. The number of hydrogen-bond acceptors (Lipinski definition) is 5. The largest absolute Gasteiger partial charge is 0.365 e. The van der Waals surface area contributed by atoms with Gasteiger partial charge in [-0.15, -0.1) is 5.10 Å². The summed E-state index contributed by atoms with van der Waals surface area (Å²) >= 11 is 0. The summed E-state index contributed by atoms with van der Waals surface area (Å²) in [7, 11) is 0. The third-order valence-corrected chi connectivity index (χ3v) is 5.06. The van der Waals surface area contributed by atoms with Crippen LogP contribution < -0.4 is 9.80 Å².